The summed E-state index contributed by atoms with van der Waals surface area (Å²) in [6.07, 6.45) is 9.73. The fourth-order valence-electron chi connectivity index (χ4n) is 3.05. The summed E-state index contributed by atoms with van der Waals surface area (Å²) in [6, 6.07) is 0. The summed E-state index contributed by atoms with van der Waals surface area (Å²) in [5, 5.41) is 0. The zero-order valence-electron chi connectivity index (χ0n) is 9.78. The van der Waals surface area contributed by atoms with Crippen LogP contribution < -0.4 is 4.81 Å². The van der Waals surface area contributed by atoms with Gasteiger partial charge in [0, 0.05) is 0 Å². The van der Waals surface area contributed by atoms with E-state index < -0.39 is 6.69 Å². The molecule has 1 aliphatic carbocycles. The van der Waals surface area contributed by atoms with Crippen LogP contribution in [-0.2, 0) is 9.31 Å². The molecular formula is C12H20BNO2. The van der Waals surface area contributed by atoms with E-state index in [4.69, 9.17) is 9.31 Å². The lowest BCUT2D eigenvalue weighted by molar-refractivity contribution is -0.782. The lowest BCUT2D eigenvalue weighted by atomic mass is 9.70. The molecule has 0 aromatic rings. The third-order valence-electron chi connectivity index (χ3n) is 4.04. The summed E-state index contributed by atoms with van der Waals surface area (Å²) >= 11 is 0. The largest absolute Gasteiger partial charge is 0.506 e. The quantitative estimate of drug-likeness (QED) is 0.685. The second-order valence-corrected chi connectivity index (χ2v) is 5.05. The van der Waals surface area contributed by atoms with E-state index >= 15 is 0 Å². The highest BCUT2D eigenvalue weighted by molar-refractivity contribution is 6.65. The number of quaternary nitrogens is 1. The van der Waals surface area contributed by atoms with E-state index in [1.54, 1.807) is 0 Å². The fraction of sp³-hybridized carbons (Fsp3) is 0.667. The van der Waals surface area contributed by atoms with Crippen LogP contribution in [0.25, 0.3) is 0 Å². The van der Waals surface area contributed by atoms with Crippen LogP contribution in [0, 0.1) is 0 Å². The van der Waals surface area contributed by atoms with Gasteiger partial charge < -0.3 is 14.1 Å². The molecule has 0 radical (unpaired) electrons. The molecule has 0 amide bonds. The Hall–Kier alpha value is -0.575. The molecule has 0 bridgehead atoms. The molecular weight excluding hydrogens is 201 g/mol. The van der Waals surface area contributed by atoms with Gasteiger partial charge in [0.2, 0.25) is 0 Å². The molecule has 0 atom stereocenters. The van der Waals surface area contributed by atoms with E-state index in [1.807, 2.05) is 0 Å². The molecule has 2 heterocycles. The van der Waals surface area contributed by atoms with Crippen molar-refractivity contribution in [3.8, 4) is 0 Å². The summed E-state index contributed by atoms with van der Waals surface area (Å²) in [5.41, 5.74) is 1.47. The van der Waals surface area contributed by atoms with Crippen molar-refractivity contribution in [1.82, 2.24) is 0 Å². The van der Waals surface area contributed by atoms with Crippen LogP contribution in [0.1, 0.15) is 25.7 Å². The Morgan fingerprint density at radius 2 is 2.00 bits per heavy atom. The van der Waals surface area contributed by atoms with Gasteiger partial charge in [-0.2, -0.15) is 0 Å². The average molecular weight is 221 g/mol. The van der Waals surface area contributed by atoms with Crippen LogP contribution in [0.4, 0.5) is 0 Å². The molecule has 2 saturated heterocycles. The summed E-state index contributed by atoms with van der Waals surface area (Å²) < 4.78 is 11.7. The Kier molecular flexibility index (Phi) is 2.88. The van der Waals surface area contributed by atoms with Crippen molar-refractivity contribution >= 4 is 6.69 Å². The maximum atomic E-state index is 5.84. The fourth-order valence-corrected chi connectivity index (χ4v) is 3.05. The van der Waals surface area contributed by atoms with Crippen LogP contribution >= 0.6 is 0 Å². The van der Waals surface area contributed by atoms with Gasteiger partial charge in [-0.05, 0) is 25.7 Å². The lowest BCUT2D eigenvalue weighted by Gasteiger charge is -2.27. The zero-order chi connectivity index (χ0) is 10.8. The molecule has 3 nitrogen and oxygen atoms in total. The molecule has 1 N–H and O–H groups in total. The van der Waals surface area contributed by atoms with E-state index in [1.165, 1.54) is 36.1 Å². The van der Waals surface area contributed by atoms with Gasteiger partial charge in [0.25, 0.3) is 0 Å². The van der Waals surface area contributed by atoms with Gasteiger partial charge >= 0.3 is 6.69 Å². The SMILES string of the molecule is C1=C(/C=C/[B-]23OCC[NH+]2CCO3)CCCC1. The summed E-state index contributed by atoms with van der Waals surface area (Å²) in [7, 11) is 0. The molecule has 2 aliphatic heterocycles. The van der Waals surface area contributed by atoms with E-state index in [2.05, 4.69) is 18.1 Å². The van der Waals surface area contributed by atoms with Crippen LogP contribution in [0.5, 0.6) is 0 Å². The second kappa shape index (κ2) is 4.36. The van der Waals surface area contributed by atoms with Crippen LogP contribution in [0.2, 0.25) is 0 Å². The van der Waals surface area contributed by atoms with Gasteiger partial charge in [0.1, 0.15) is 0 Å². The summed E-state index contributed by atoms with van der Waals surface area (Å²) in [6.45, 7) is 2.75. The van der Waals surface area contributed by atoms with Gasteiger partial charge in [-0.25, -0.2) is 0 Å². The van der Waals surface area contributed by atoms with Crippen molar-refractivity contribution in [3.63, 3.8) is 0 Å². The highest BCUT2D eigenvalue weighted by Gasteiger charge is 2.47. The first kappa shape index (κ1) is 10.6. The molecule has 0 unspecified atom stereocenters. The molecule has 0 saturated carbocycles. The molecule has 4 heteroatoms. The molecule has 88 valence electrons. The first-order valence-electron chi connectivity index (χ1n) is 6.55. The van der Waals surface area contributed by atoms with E-state index in [9.17, 15) is 0 Å². The lowest BCUT2D eigenvalue weighted by Crippen LogP contribution is -3.18. The van der Waals surface area contributed by atoms with Gasteiger partial charge in [0.05, 0.1) is 26.3 Å². The summed E-state index contributed by atoms with van der Waals surface area (Å²) in [4.78, 5) is 1.49. The molecule has 16 heavy (non-hydrogen) atoms. The number of hydrogen-bond acceptors (Lipinski definition) is 2. The molecule has 3 rings (SSSR count). The zero-order valence-corrected chi connectivity index (χ0v) is 9.78. The number of fused-ring (bicyclic) bond motifs is 1. The summed E-state index contributed by atoms with van der Waals surface area (Å²) in [5.74, 6) is 2.20. The number of rotatable bonds is 2. The first-order chi connectivity index (χ1) is 7.89. The minimum atomic E-state index is -1.14. The Labute approximate surface area is 97.1 Å². The molecule has 0 aromatic carbocycles. The van der Waals surface area contributed by atoms with E-state index in [-0.39, 0.29) is 0 Å². The standard InChI is InChI=1S/C12H20BNO2/c1-2-4-12(5-3-1)6-7-13-14(8-10-15-13)9-11-16-13/h4,6-7,14H,1-3,5,8-11H2/b7-6+. The van der Waals surface area contributed by atoms with Gasteiger partial charge in [-0.1, -0.05) is 17.7 Å². The Balaban J connectivity index is 1.73. The van der Waals surface area contributed by atoms with Gasteiger partial charge in [-0.15, -0.1) is 5.98 Å². The minimum absolute atomic E-state index is 0.846. The Morgan fingerprint density at radius 1 is 1.19 bits per heavy atom. The Bertz CT molecular complexity index is 317. The topological polar surface area (TPSA) is 22.9 Å². The van der Waals surface area contributed by atoms with Crippen molar-refractivity contribution < 1.29 is 14.1 Å². The molecule has 0 aromatic heterocycles. The predicted octanol–water partition coefficient (Wildman–Crippen LogP) is 0.466. The third kappa shape index (κ3) is 1.86. The maximum absolute atomic E-state index is 5.84. The second-order valence-electron chi connectivity index (χ2n) is 5.05. The highest BCUT2D eigenvalue weighted by atomic mass is 16.6. The number of nitrogens with one attached hydrogen (secondary N) is 1. The van der Waals surface area contributed by atoms with Crippen LogP contribution in [0.3, 0.4) is 0 Å². The predicted molar refractivity (Wildman–Crippen MR) is 64.0 cm³/mol. The smallest absolute Gasteiger partial charge is 0.494 e. The van der Waals surface area contributed by atoms with Crippen molar-refractivity contribution in [1.29, 1.82) is 0 Å². The number of allylic oxidation sites excluding steroid dienone is 3. The molecule has 2 fully saturated rings. The highest BCUT2D eigenvalue weighted by Crippen LogP contribution is 2.19. The minimum Gasteiger partial charge on any atom is -0.506 e. The third-order valence-corrected chi connectivity index (χ3v) is 4.04. The molecule has 3 aliphatic rings. The Morgan fingerprint density at radius 3 is 2.69 bits per heavy atom. The van der Waals surface area contributed by atoms with Crippen molar-refractivity contribution in [3.05, 3.63) is 23.7 Å². The number of hydrogen-bond donors (Lipinski definition) is 1. The maximum Gasteiger partial charge on any atom is 0.494 e. The van der Waals surface area contributed by atoms with E-state index in [0.717, 1.165) is 26.3 Å². The first-order valence-corrected chi connectivity index (χ1v) is 6.55. The van der Waals surface area contributed by atoms with Gasteiger partial charge in [0.15, 0.2) is 0 Å². The van der Waals surface area contributed by atoms with E-state index in [0.29, 0.717) is 0 Å². The van der Waals surface area contributed by atoms with Crippen LogP contribution in [0.15, 0.2) is 23.7 Å². The average Bonchev–Trinajstić information content (AvgIpc) is 2.87. The van der Waals surface area contributed by atoms with Crippen molar-refractivity contribution in [2.45, 2.75) is 25.7 Å². The van der Waals surface area contributed by atoms with Crippen LogP contribution in [-0.4, -0.2) is 33.0 Å². The monoisotopic (exact) mass is 221 g/mol. The van der Waals surface area contributed by atoms with Gasteiger partial charge in [-0.3, -0.25) is 0 Å². The normalized spacial score (nSPS) is 39.0. The van der Waals surface area contributed by atoms with Crippen molar-refractivity contribution in [2.75, 3.05) is 26.3 Å². The van der Waals surface area contributed by atoms with Crippen molar-refractivity contribution in [2.24, 2.45) is 0 Å². The molecule has 0 spiro atoms.